The van der Waals surface area contributed by atoms with E-state index in [0.29, 0.717) is 17.9 Å². The highest BCUT2D eigenvalue weighted by Crippen LogP contribution is 2.34. The third-order valence-electron chi connectivity index (χ3n) is 5.09. The molecule has 0 spiro atoms. The van der Waals surface area contributed by atoms with Gasteiger partial charge < -0.3 is 15.0 Å². The van der Waals surface area contributed by atoms with Gasteiger partial charge in [-0.05, 0) is 18.2 Å². The van der Waals surface area contributed by atoms with Gasteiger partial charge in [0.05, 0.1) is 35.8 Å². The van der Waals surface area contributed by atoms with E-state index in [-0.39, 0.29) is 30.3 Å². The topological polar surface area (TPSA) is 102 Å². The molecule has 1 saturated heterocycles. The zero-order valence-corrected chi connectivity index (χ0v) is 17.4. The number of morpholine rings is 1. The summed E-state index contributed by atoms with van der Waals surface area (Å²) in [5, 5.41) is 2.31. The van der Waals surface area contributed by atoms with Crippen LogP contribution >= 0.6 is 0 Å². The second kappa shape index (κ2) is 8.98. The van der Waals surface area contributed by atoms with Gasteiger partial charge in [0.2, 0.25) is 5.95 Å². The van der Waals surface area contributed by atoms with Crippen molar-refractivity contribution < 1.29 is 22.7 Å². The van der Waals surface area contributed by atoms with Gasteiger partial charge in [0.1, 0.15) is 6.33 Å². The number of carbonyl (C=O) groups excluding carboxylic acids is 1. The minimum atomic E-state index is -4.62. The monoisotopic (exact) mass is 460 g/mol. The van der Waals surface area contributed by atoms with E-state index < -0.39 is 23.8 Å². The second-order valence-electron chi connectivity index (χ2n) is 7.27. The Morgan fingerprint density at radius 2 is 2.00 bits per heavy atom. The molecule has 0 bridgehead atoms. The lowest BCUT2D eigenvalue weighted by molar-refractivity contribution is -0.137. The number of halogens is 3. The number of hydrogen-bond acceptors (Lipinski definition) is 7. The first-order valence-electron chi connectivity index (χ1n) is 9.92. The third kappa shape index (κ3) is 4.85. The van der Waals surface area contributed by atoms with Crippen molar-refractivity contribution in [3.8, 4) is 11.4 Å². The number of para-hydroxylation sites is 1. The number of anilines is 2. The molecule has 2 aromatic heterocycles. The van der Waals surface area contributed by atoms with Gasteiger partial charge in [-0.15, -0.1) is 0 Å². The number of benzene rings is 1. The molecule has 1 fully saturated rings. The van der Waals surface area contributed by atoms with Crippen LogP contribution < -0.4 is 15.8 Å². The summed E-state index contributed by atoms with van der Waals surface area (Å²) in [6.07, 6.45) is -2.83. The van der Waals surface area contributed by atoms with E-state index in [1.807, 2.05) is 0 Å². The van der Waals surface area contributed by atoms with Crippen LogP contribution in [0.3, 0.4) is 0 Å². The van der Waals surface area contributed by atoms with E-state index in [1.165, 1.54) is 41.4 Å². The van der Waals surface area contributed by atoms with Crippen LogP contribution in [-0.4, -0.2) is 51.2 Å². The van der Waals surface area contributed by atoms with Crippen molar-refractivity contribution >= 4 is 17.5 Å². The van der Waals surface area contributed by atoms with Gasteiger partial charge in [0.25, 0.3) is 11.5 Å². The second-order valence-corrected chi connectivity index (χ2v) is 7.27. The van der Waals surface area contributed by atoms with Gasteiger partial charge in [-0.3, -0.25) is 14.2 Å². The van der Waals surface area contributed by atoms with Gasteiger partial charge >= 0.3 is 6.18 Å². The third-order valence-corrected chi connectivity index (χ3v) is 5.09. The molecule has 1 aliphatic heterocycles. The summed E-state index contributed by atoms with van der Waals surface area (Å²) < 4.78 is 46.6. The molecule has 1 unspecified atom stereocenters. The van der Waals surface area contributed by atoms with Gasteiger partial charge in [-0.25, -0.2) is 15.0 Å². The number of carbonyl (C=O) groups is 1. The van der Waals surface area contributed by atoms with Crippen LogP contribution in [0.5, 0.6) is 0 Å². The Kier molecular flexibility index (Phi) is 6.09. The molecular weight excluding hydrogens is 441 g/mol. The summed E-state index contributed by atoms with van der Waals surface area (Å²) in [7, 11) is 1.54. The van der Waals surface area contributed by atoms with Crippen molar-refractivity contribution in [2.75, 3.05) is 29.9 Å². The van der Waals surface area contributed by atoms with Crippen molar-refractivity contribution in [3.63, 3.8) is 0 Å². The Morgan fingerprint density at radius 3 is 2.73 bits per heavy atom. The van der Waals surface area contributed by atoms with E-state index in [1.54, 1.807) is 18.0 Å². The molecule has 0 saturated carbocycles. The first-order chi connectivity index (χ1) is 15.7. The normalized spacial score (nSPS) is 16.5. The number of nitrogens with zero attached hydrogens (tertiary/aromatic N) is 5. The van der Waals surface area contributed by atoms with Crippen molar-refractivity contribution in [3.05, 3.63) is 64.8 Å². The molecule has 33 heavy (non-hydrogen) atoms. The minimum absolute atomic E-state index is 0.00642. The summed E-state index contributed by atoms with van der Waals surface area (Å²) in [6, 6.07) is 7.66. The van der Waals surface area contributed by atoms with E-state index in [2.05, 4.69) is 20.3 Å². The quantitative estimate of drug-likeness (QED) is 0.636. The van der Waals surface area contributed by atoms with Crippen LogP contribution in [0.4, 0.5) is 24.8 Å². The lowest BCUT2D eigenvalue weighted by Crippen LogP contribution is -2.49. The molecule has 1 aromatic carbocycles. The van der Waals surface area contributed by atoms with Crippen LogP contribution in [0.2, 0.25) is 0 Å². The molecule has 4 rings (SSSR count). The zero-order valence-electron chi connectivity index (χ0n) is 17.4. The zero-order chi connectivity index (χ0) is 23.6. The van der Waals surface area contributed by atoms with Crippen LogP contribution in [0, 0.1) is 0 Å². The van der Waals surface area contributed by atoms with Crippen molar-refractivity contribution in [1.82, 2.24) is 19.5 Å². The standard InChI is InChI=1S/C21H19F3N6O3/c1-29-18(31)10-16(15-6-7-25-12-26-15)28-20(29)30-8-9-33-17(11-30)19(32)27-14-5-3-2-4-13(14)21(22,23)24/h2-7,10,12,17H,8-9,11H2,1H3,(H,27,32). The number of aromatic nitrogens is 4. The van der Waals surface area contributed by atoms with Gasteiger partial charge in [0, 0.05) is 25.9 Å². The Balaban J connectivity index is 1.57. The fraction of sp³-hybridized carbons (Fsp3) is 0.286. The lowest BCUT2D eigenvalue weighted by Gasteiger charge is -2.33. The molecular formula is C21H19F3N6O3. The Hall–Kier alpha value is -3.80. The predicted octanol–water partition coefficient (Wildman–Crippen LogP) is 2.10. The maximum absolute atomic E-state index is 13.2. The van der Waals surface area contributed by atoms with Crippen LogP contribution in [-0.2, 0) is 22.8 Å². The lowest BCUT2D eigenvalue weighted by atomic mass is 10.1. The molecule has 0 radical (unpaired) electrons. The number of alkyl halides is 3. The SMILES string of the molecule is Cn1c(N2CCOC(C(=O)Nc3ccccc3C(F)(F)F)C2)nc(-c2ccncn2)cc1=O. The summed E-state index contributed by atoms with van der Waals surface area (Å²) in [6.45, 7) is 0.441. The Bertz CT molecular complexity index is 1220. The number of rotatable bonds is 4. The van der Waals surface area contributed by atoms with Crippen molar-refractivity contribution in [2.45, 2.75) is 12.3 Å². The van der Waals surface area contributed by atoms with E-state index in [0.717, 1.165) is 6.07 Å². The van der Waals surface area contributed by atoms with Gasteiger partial charge in [-0.1, -0.05) is 12.1 Å². The summed E-state index contributed by atoms with van der Waals surface area (Å²) >= 11 is 0. The number of hydrogen-bond donors (Lipinski definition) is 1. The van der Waals surface area contributed by atoms with Crippen LogP contribution in [0.1, 0.15) is 5.56 Å². The van der Waals surface area contributed by atoms with Gasteiger partial charge in [-0.2, -0.15) is 13.2 Å². The molecule has 9 nitrogen and oxygen atoms in total. The fourth-order valence-electron chi connectivity index (χ4n) is 3.43. The van der Waals surface area contributed by atoms with Crippen LogP contribution in [0.25, 0.3) is 11.4 Å². The first-order valence-corrected chi connectivity index (χ1v) is 9.92. The van der Waals surface area contributed by atoms with E-state index >= 15 is 0 Å². The molecule has 3 heterocycles. The Morgan fingerprint density at radius 1 is 1.21 bits per heavy atom. The fourth-order valence-corrected chi connectivity index (χ4v) is 3.43. The smallest absolute Gasteiger partial charge is 0.365 e. The number of ether oxygens (including phenoxy) is 1. The van der Waals surface area contributed by atoms with Crippen molar-refractivity contribution in [2.24, 2.45) is 7.05 Å². The average Bonchev–Trinajstić information content (AvgIpc) is 2.81. The first kappa shape index (κ1) is 22.4. The molecule has 0 aliphatic carbocycles. The maximum Gasteiger partial charge on any atom is 0.418 e. The molecule has 1 amide bonds. The maximum atomic E-state index is 13.2. The molecule has 1 aliphatic rings. The largest absolute Gasteiger partial charge is 0.418 e. The molecule has 12 heteroatoms. The highest BCUT2D eigenvalue weighted by atomic mass is 19.4. The van der Waals surface area contributed by atoms with Crippen LogP contribution in [0.15, 0.2) is 53.7 Å². The molecule has 172 valence electrons. The van der Waals surface area contributed by atoms with E-state index in [9.17, 15) is 22.8 Å². The number of nitrogens with one attached hydrogen (secondary N) is 1. The Labute approximate surface area is 185 Å². The van der Waals surface area contributed by atoms with Crippen molar-refractivity contribution in [1.29, 1.82) is 0 Å². The number of amides is 1. The predicted molar refractivity (Wildman–Crippen MR) is 113 cm³/mol. The molecule has 3 aromatic rings. The van der Waals surface area contributed by atoms with E-state index in [4.69, 9.17) is 4.74 Å². The summed E-state index contributed by atoms with van der Waals surface area (Å²) in [4.78, 5) is 39.4. The summed E-state index contributed by atoms with van der Waals surface area (Å²) in [5.41, 5.74) is -0.850. The highest BCUT2D eigenvalue weighted by molar-refractivity contribution is 5.95. The minimum Gasteiger partial charge on any atom is -0.365 e. The van der Waals surface area contributed by atoms with Gasteiger partial charge in [0.15, 0.2) is 6.10 Å². The molecule has 1 atom stereocenters. The molecule has 1 N–H and O–H groups in total. The highest BCUT2D eigenvalue weighted by Gasteiger charge is 2.35. The average molecular weight is 460 g/mol. The summed E-state index contributed by atoms with van der Waals surface area (Å²) in [5.74, 6) is -0.443.